The molecule has 0 aromatic heterocycles. The second kappa shape index (κ2) is 12.3. The van der Waals surface area contributed by atoms with Crippen LogP contribution >= 0.6 is 0 Å². The third-order valence-electron chi connectivity index (χ3n) is 7.50. The van der Waals surface area contributed by atoms with Crippen LogP contribution in [0.3, 0.4) is 0 Å². The van der Waals surface area contributed by atoms with Gasteiger partial charge in [-0.1, -0.05) is 75.6 Å². The number of benzene rings is 3. The Kier molecular flexibility index (Phi) is 9.04. The fraction of sp³-hybridized carbons (Fsp3) is 0.375. The molecule has 0 amide bonds. The van der Waals surface area contributed by atoms with Gasteiger partial charge in [-0.2, -0.15) is 13.2 Å². The molecule has 39 heavy (non-hydrogen) atoms. The Hall–Kier alpha value is -3.27. The lowest BCUT2D eigenvalue weighted by Gasteiger charge is -2.28. The Morgan fingerprint density at radius 2 is 1.23 bits per heavy atom. The van der Waals surface area contributed by atoms with Crippen molar-refractivity contribution in [2.24, 2.45) is 11.8 Å². The van der Waals surface area contributed by atoms with Gasteiger partial charge in [0.1, 0.15) is 23.3 Å². The fourth-order valence-electron chi connectivity index (χ4n) is 5.43. The minimum atomic E-state index is -4.92. The van der Waals surface area contributed by atoms with Gasteiger partial charge in [-0.3, -0.25) is 0 Å². The van der Waals surface area contributed by atoms with Gasteiger partial charge in [0.05, 0.1) is 5.56 Å². The highest BCUT2D eigenvalue weighted by molar-refractivity contribution is 5.72. The Morgan fingerprint density at radius 1 is 0.692 bits per heavy atom. The third-order valence-corrected chi connectivity index (χ3v) is 7.50. The predicted molar refractivity (Wildman–Crippen MR) is 139 cm³/mol. The molecule has 0 nitrogen and oxygen atoms in total. The Labute approximate surface area is 224 Å². The van der Waals surface area contributed by atoms with E-state index in [2.05, 4.69) is 6.92 Å². The number of rotatable bonds is 7. The van der Waals surface area contributed by atoms with E-state index in [1.165, 1.54) is 62.6 Å². The molecular weight excluding hydrogens is 517 g/mol. The maximum absolute atomic E-state index is 15.0. The van der Waals surface area contributed by atoms with Gasteiger partial charge in [0.2, 0.25) is 0 Å². The minimum Gasteiger partial charge on any atom is -0.206 e. The molecule has 1 aliphatic carbocycles. The lowest BCUT2D eigenvalue weighted by molar-refractivity contribution is -0.0696. The van der Waals surface area contributed by atoms with Gasteiger partial charge in [-0.25, -0.2) is 17.6 Å². The van der Waals surface area contributed by atoms with E-state index in [9.17, 15) is 30.7 Å². The molecule has 0 saturated heterocycles. The summed E-state index contributed by atoms with van der Waals surface area (Å²) >= 11 is 0. The molecule has 0 spiro atoms. The molecule has 0 heterocycles. The van der Waals surface area contributed by atoms with E-state index < -0.39 is 35.0 Å². The van der Waals surface area contributed by atoms with Crippen molar-refractivity contribution in [1.82, 2.24) is 0 Å². The summed E-state index contributed by atoms with van der Waals surface area (Å²) in [5.41, 5.74) is -0.130. The van der Waals surface area contributed by atoms with Gasteiger partial charge >= 0.3 is 6.18 Å². The van der Waals surface area contributed by atoms with Crippen LogP contribution in [0.25, 0.3) is 22.3 Å². The quantitative estimate of drug-likeness (QED) is 0.204. The summed E-state index contributed by atoms with van der Waals surface area (Å²) < 4.78 is 95.4. The van der Waals surface area contributed by atoms with Crippen LogP contribution in [0.2, 0.25) is 0 Å². The number of hydrogen-bond acceptors (Lipinski definition) is 0. The van der Waals surface area contributed by atoms with Crippen molar-refractivity contribution < 1.29 is 30.7 Å². The molecule has 3 aromatic rings. The Morgan fingerprint density at radius 3 is 1.79 bits per heavy atom. The van der Waals surface area contributed by atoms with Crippen molar-refractivity contribution in [1.29, 1.82) is 0 Å². The number of halogens is 7. The Balaban J connectivity index is 1.46. The monoisotopic (exact) mass is 546 g/mol. The lowest BCUT2D eigenvalue weighted by Crippen LogP contribution is -2.15. The largest absolute Gasteiger partial charge is 0.458 e. The molecule has 1 fully saturated rings. The van der Waals surface area contributed by atoms with E-state index in [0.29, 0.717) is 18.1 Å². The van der Waals surface area contributed by atoms with Gasteiger partial charge < -0.3 is 0 Å². The van der Waals surface area contributed by atoms with E-state index in [4.69, 9.17) is 0 Å². The van der Waals surface area contributed by atoms with E-state index in [0.717, 1.165) is 36.3 Å². The van der Waals surface area contributed by atoms with E-state index in [1.54, 1.807) is 6.07 Å². The van der Waals surface area contributed by atoms with Crippen LogP contribution in [0.15, 0.2) is 48.5 Å². The highest BCUT2D eigenvalue weighted by Crippen LogP contribution is 2.35. The van der Waals surface area contributed by atoms with Crippen molar-refractivity contribution in [3.8, 4) is 34.1 Å². The topological polar surface area (TPSA) is 0 Å². The lowest BCUT2D eigenvalue weighted by atomic mass is 9.78. The zero-order valence-electron chi connectivity index (χ0n) is 21.6. The first-order valence-corrected chi connectivity index (χ1v) is 13.2. The zero-order valence-corrected chi connectivity index (χ0v) is 21.6. The normalized spacial score (nSPS) is 17.5. The highest BCUT2D eigenvalue weighted by atomic mass is 19.4. The van der Waals surface area contributed by atoms with Gasteiger partial charge in [-0.05, 0) is 65.6 Å². The summed E-state index contributed by atoms with van der Waals surface area (Å²) in [4.78, 5) is 0. The second-order valence-corrected chi connectivity index (χ2v) is 10.3. The summed E-state index contributed by atoms with van der Waals surface area (Å²) in [5.74, 6) is -0.303. The molecule has 1 aliphatic rings. The number of aryl methyl sites for hydroxylation is 1. The standard InChI is InChI=1S/C32H29F7/c1-2-3-20-4-6-21(7-5-20)8-9-22-10-12-25(28(33)16-22)23-11-13-26(29(34)17-23)24-18-30(35)27(31(36)19-24)14-15-32(37,38)39/h10-13,16-21H,2-9H2,1H3. The van der Waals surface area contributed by atoms with Crippen molar-refractivity contribution in [2.75, 3.05) is 0 Å². The first-order valence-electron chi connectivity index (χ1n) is 13.2. The van der Waals surface area contributed by atoms with Gasteiger partial charge in [-0.15, -0.1) is 0 Å². The summed E-state index contributed by atoms with van der Waals surface area (Å²) in [5, 5.41) is 0. The SMILES string of the molecule is CCCC1CCC(CCc2ccc(-c3ccc(-c4cc(F)c(C#CC(F)(F)F)c(F)c4)c(F)c3)c(F)c2)CC1. The first-order chi connectivity index (χ1) is 18.5. The average Bonchev–Trinajstić information content (AvgIpc) is 2.87. The van der Waals surface area contributed by atoms with E-state index in [-0.39, 0.29) is 22.3 Å². The minimum absolute atomic E-state index is 0.183. The van der Waals surface area contributed by atoms with Crippen molar-refractivity contribution in [3.05, 3.63) is 82.9 Å². The second-order valence-electron chi connectivity index (χ2n) is 10.3. The van der Waals surface area contributed by atoms with Crippen LogP contribution < -0.4 is 0 Å². The highest BCUT2D eigenvalue weighted by Gasteiger charge is 2.24. The molecule has 0 bridgehead atoms. The van der Waals surface area contributed by atoms with Crippen molar-refractivity contribution in [2.45, 2.75) is 64.5 Å². The number of hydrogen-bond donors (Lipinski definition) is 0. The Bertz CT molecular complexity index is 1350. The van der Waals surface area contributed by atoms with Crippen molar-refractivity contribution >= 4 is 0 Å². The van der Waals surface area contributed by atoms with Crippen LogP contribution in [0.1, 0.15) is 63.0 Å². The van der Waals surface area contributed by atoms with Gasteiger partial charge in [0, 0.05) is 17.0 Å². The van der Waals surface area contributed by atoms with Gasteiger partial charge in [0.25, 0.3) is 0 Å². The summed E-state index contributed by atoms with van der Waals surface area (Å²) in [6, 6.07) is 10.1. The maximum atomic E-state index is 15.0. The van der Waals surface area contributed by atoms with Gasteiger partial charge in [0.15, 0.2) is 0 Å². The summed E-state index contributed by atoms with van der Waals surface area (Å²) in [7, 11) is 0. The first kappa shape index (κ1) is 28.7. The molecule has 3 aromatic carbocycles. The molecule has 7 heteroatoms. The summed E-state index contributed by atoms with van der Waals surface area (Å²) in [6.07, 6.45) is 4.35. The van der Waals surface area contributed by atoms with E-state index >= 15 is 0 Å². The smallest absolute Gasteiger partial charge is 0.206 e. The van der Waals surface area contributed by atoms with Crippen LogP contribution in [0, 0.1) is 46.9 Å². The molecular formula is C32H29F7. The molecule has 0 N–H and O–H groups in total. The molecule has 4 rings (SSSR count). The number of alkyl halides is 3. The maximum Gasteiger partial charge on any atom is 0.458 e. The third kappa shape index (κ3) is 7.44. The van der Waals surface area contributed by atoms with E-state index in [1.807, 2.05) is 6.07 Å². The van der Waals surface area contributed by atoms with Crippen LogP contribution in [-0.4, -0.2) is 6.18 Å². The average molecular weight is 547 g/mol. The molecule has 0 atom stereocenters. The van der Waals surface area contributed by atoms with Crippen molar-refractivity contribution in [3.63, 3.8) is 0 Å². The molecule has 206 valence electrons. The molecule has 0 unspecified atom stereocenters. The van der Waals surface area contributed by atoms with Crippen LogP contribution in [0.5, 0.6) is 0 Å². The van der Waals surface area contributed by atoms with Crippen LogP contribution in [-0.2, 0) is 6.42 Å². The predicted octanol–water partition coefficient (Wildman–Crippen LogP) is 10.0. The zero-order chi connectivity index (χ0) is 28.2. The van der Waals surface area contributed by atoms with Crippen LogP contribution in [0.4, 0.5) is 30.7 Å². The fourth-order valence-corrected chi connectivity index (χ4v) is 5.43. The molecule has 0 radical (unpaired) electrons. The summed E-state index contributed by atoms with van der Waals surface area (Å²) in [6.45, 7) is 2.22. The molecule has 1 saturated carbocycles. The molecule has 0 aliphatic heterocycles.